The zero-order chi connectivity index (χ0) is 16.9. The summed E-state index contributed by atoms with van der Waals surface area (Å²) in [6, 6.07) is 5.50. The van der Waals surface area contributed by atoms with E-state index >= 15 is 0 Å². The minimum Gasteiger partial charge on any atom is -0.467 e. The molecule has 3 heterocycles. The maximum atomic E-state index is 12.6. The monoisotopic (exact) mass is 328 g/mol. The molecular weight excluding hydrogens is 308 g/mol. The lowest BCUT2D eigenvalue weighted by Gasteiger charge is -2.34. The smallest absolute Gasteiger partial charge is 0.255 e. The van der Waals surface area contributed by atoms with Crippen LogP contribution in [0.25, 0.3) is 0 Å². The van der Waals surface area contributed by atoms with Crippen LogP contribution in [0, 0.1) is 0 Å². The van der Waals surface area contributed by atoms with E-state index in [0.717, 1.165) is 11.4 Å². The van der Waals surface area contributed by atoms with Crippen molar-refractivity contribution in [2.75, 3.05) is 31.5 Å². The van der Waals surface area contributed by atoms with Gasteiger partial charge in [-0.15, -0.1) is 0 Å². The van der Waals surface area contributed by atoms with Gasteiger partial charge < -0.3 is 19.5 Å². The van der Waals surface area contributed by atoms with Gasteiger partial charge in [0, 0.05) is 45.5 Å². The molecule has 0 spiro atoms. The zero-order valence-corrected chi connectivity index (χ0v) is 13.6. The second-order valence-corrected chi connectivity index (χ2v) is 5.69. The molecule has 7 nitrogen and oxygen atoms in total. The van der Waals surface area contributed by atoms with Gasteiger partial charge in [-0.25, -0.2) is 0 Å². The van der Waals surface area contributed by atoms with Crippen molar-refractivity contribution in [1.82, 2.24) is 14.8 Å². The van der Waals surface area contributed by atoms with Gasteiger partial charge in [0.25, 0.3) is 5.91 Å². The molecule has 2 aromatic rings. The number of carbonyl (C=O) groups is 2. The second-order valence-electron chi connectivity index (χ2n) is 5.69. The van der Waals surface area contributed by atoms with Gasteiger partial charge in [-0.3, -0.25) is 14.6 Å². The third-order valence-electron chi connectivity index (χ3n) is 4.04. The predicted octanol–water partition coefficient (Wildman–Crippen LogP) is 1.59. The van der Waals surface area contributed by atoms with Crippen molar-refractivity contribution in [3.8, 4) is 0 Å². The van der Waals surface area contributed by atoms with Crippen molar-refractivity contribution in [2.45, 2.75) is 13.5 Å². The summed E-state index contributed by atoms with van der Waals surface area (Å²) < 4.78 is 5.27. The molecule has 126 valence electrons. The van der Waals surface area contributed by atoms with E-state index in [-0.39, 0.29) is 11.8 Å². The molecule has 2 aromatic heterocycles. The molecular formula is C17H20N4O3. The minimum absolute atomic E-state index is 0.0490. The first kappa shape index (κ1) is 16.0. The Morgan fingerprint density at radius 3 is 2.62 bits per heavy atom. The first-order chi connectivity index (χ1) is 11.6. The summed E-state index contributed by atoms with van der Waals surface area (Å²) in [6.07, 6.45) is 4.86. The number of aromatic nitrogens is 1. The van der Waals surface area contributed by atoms with Gasteiger partial charge >= 0.3 is 0 Å². The summed E-state index contributed by atoms with van der Waals surface area (Å²) >= 11 is 0. The summed E-state index contributed by atoms with van der Waals surface area (Å²) in [5, 5.41) is 3.19. The van der Waals surface area contributed by atoms with E-state index in [1.807, 2.05) is 12.1 Å². The highest BCUT2D eigenvalue weighted by Crippen LogP contribution is 2.14. The molecule has 1 aliphatic heterocycles. The highest BCUT2D eigenvalue weighted by atomic mass is 16.3. The van der Waals surface area contributed by atoms with E-state index in [1.54, 1.807) is 41.4 Å². The number of amides is 2. The Morgan fingerprint density at radius 1 is 1.21 bits per heavy atom. The van der Waals surface area contributed by atoms with Crippen LogP contribution in [0.5, 0.6) is 0 Å². The lowest BCUT2D eigenvalue weighted by Crippen LogP contribution is -2.50. The fraction of sp³-hybridized carbons (Fsp3) is 0.353. The van der Waals surface area contributed by atoms with Crippen molar-refractivity contribution in [3.63, 3.8) is 0 Å². The third kappa shape index (κ3) is 3.73. The number of rotatable bonds is 4. The van der Waals surface area contributed by atoms with E-state index in [2.05, 4.69) is 10.3 Å². The zero-order valence-electron chi connectivity index (χ0n) is 13.6. The Morgan fingerprint density at radius 2 is 1.96 bits per heavy atom. The number of furan rings is 1. The van der Waals surface area contributed by atoms with Gasteiger partial charge in [-0.05, 0) is 18.2 Å². The Bertz CT molecular complexity index is 706. The van der Waals surface area contributed by atoms with Crippen LogP contribution in [-0.2, 0) is 11.3 Å². The number of nitrogens with one attached hydrogen (secondary N) is 1. The lowest BCUT2D eigenvalue weighted by molar-refractivity contribution is -0.130. The number of nitrogens with zero attached hydrogens (tertiary/aromatic N) is 3. The topological polar surface area (TPSA) is 78.7 Å². The summed E-state index contributed by atoms with van der Waals surface area (Å²) in [6.45, 7) is 4.32. The SMILES string of the molecule is CC(=O)N1CCN(C(=O)c2cncc(NCc3ccco3)c2)CC1. The molecule has 0 aromatic carbocycles. The number of hydrogen-bond acceptors (Lipinski definition) is 5. The molecule has 7 heteroatoms. The van der Waals surface area contributed by atoms with E-state index in [1.165, 1.54) is 0 Å². The summed E-state index contributed by atoms with van der Waals surface area (Å²) in [7, 11) is 0. The number of carbonyl (C=O) groups excluding carboxylic acids is 2. The van der Waals surface area contributed by atoms with E-state index in [4.69, 9.17) is 4.42 Å². The van der Waals surface area contributed by atoms with Crippen LogP contribution in [0.2, 0.25) is 0 Å². The molecule has 1 saturated heterocycles. The largest absolute Gasteiger partial charge is 0.467 e. The maximum Gasteiger partial charge on any atom is 0.255 e. The van der Waals surface area contributed by atoms with Gasteiger partial charge in [-0.2, -0.15) is 0 Å². The number of piperazine rings is 1. The highest BCUT2D eigenvalue weighted by Gasteiger charge is 2.23. The van der Waals surface area contributed by atoms with Crippen LogP contribution in [0.15, 0.2) is 41.3 Å². The molecule has 2 amide bonds. The van der Waals surface area contributed by atoms with Crippen molar-refractivity contribution in [3.05, 3.63) is 48.2 Å². The van der Waals surface area contributed by atoms with Crippen molar-refractivity contribution >= 4 is 17.5 Å². The van der Waals surface area contributed by atoms with Crippen molar-refractivity contribution < 1.29 is 14.0 Å². The van der Waals surface area contributed by atoms with Crippen LogP contribution in [-0.4, -0.2) is 52.8 Å². The first-order valence-electron chi connectivity index (χ1n) is 7.89. The Kier molecular flexibility index (Phi) is 4.79. The minimum atomic E-state index is -0.0626. The molecule has 0 radical (unpaired) electrons. The van der Waals surface area contributed by atoms with E-state index < -0.39 is 0 Å². The maximum absolute atomic E-state index is 12.6. The number of hydrogen-bond donors (Lipinski definition) is 1. The molecule has 3 rings (SSSR count). The van der Waals surface area contributed by atoms with Gasteiger partial charge in [0.2, 0.25) is 5.91 Å². The van der Waals surface area contributed by atoms with Crippen molar-refractivity contribution in [2.24, 2.45) is 0 Å². The Hall–Kier alpha value is -2.83. The number of anilines is 1. The van der Waals surface area contributed by atoms with Crippen LogP contribution in [0.4, 0.5) is 5.69 Å². The molecule has 0 unspecified atom stereocenters. The van der Waals surface area contributed by atoms with E-state index in [9.17, 15) is 9.59 Å². The predicted molar refractivity (Wildman–Crippen MR) is 88.4 cm³/mol. The summed E-state index contributed by atoms with van der Waals surface area (Å²) in [4.78, 5) is 31.6. The van der Waals surface area contributed by atoms with Crippen molar-refractivity contribution in [1.29, 1.82) is 0 Å². The van der Waals surface area contributed by atoms with Gasteiger partial charge in [0.05, 0.1) is 24.1 Å². The van der Waals surface area contributed by atoms with Crippen LogP contribution in [0.1, 0.15) is 23.0 Å². The van der Waals surface area contributed by atoms with Crippen LogP contribution in [0.3, 0.4) is 0 Å². The van der Waals surface area contributed by atoms with Gasteiger partial charge in [0.1, 0.15) is 5.76 Å². The first-order valence-corrected chi connectivity index (χ1v) is 7.89. The average Bonchev–Trinajstić information content (AvgIpc) is 3.13. The lowest BCUT2D eigenvalue weighted by atomic mass is 10.2. The molecule has 1 fully saturated rings. The standard InChI is InChI=1S/C17H20N4O3/c1-13(22)20-4-6-21(7-5-20)17(23)14-9-15(11-18-10-14)19-12-16-3-2-8-24-16/h2-3,8-11,19H,4-7,12H2,1H3. The molecule has 1 aliphatic rings. The summed E-state index contributed by atoms with van der Waals surface area (Å²) in [5.74, 6) is 0.798. The Labute approximate surface area is 140 Å². The molecule has 0 atom stereocenters. The van der Waals surface area contributed by atoms with Gasteiger partial charge in [-0.1, -0.05) is 0 Å². The van der Waals surface area contributed by atoms with Crippen LogP contribution >= 0.6 is 0 Å². The fourth-order valence-corrected chi connectivity index (χ4v) is 2.66. The molecule has 0 bridgehead atoms. The molecule has 1 N–H and O–H groups in total. The molecule has 24 heavy (non-hydrogen) atoms. The Balaban J connectivity index is 1.61. The molecule has 0 aliphatic carbocycles. The highest BCUT2D eigenvalue weighted by molar-refractivity contribution is 5.95. The third-order valence-corrected chi connectivity index (χ3v) is 4.04. The van der Waals surface area contributed by atoms with Crippen LogP contribution < -0.4 is 5.32 Å². The van der Waals surface area contributed by atoms with E-state index in [0.29, 0.717) is 38.3 Å². The normalized spacial score (nSPS) is 14.5. The average molecular weight is 328 g/mol. The number of pyridine rings is 1. The summed E-state index contributed by atoms with van der Waals surface area (Å²) in [5.41, 5.74) is 1.30. The second kappa shape index (κ2) is 7.16. The van der Waals surface area contributed by atoms with Gasteiger partial charge in [0.15, 0.2) is 0 Å². The fourth-order valence-electron chi connectivity index (χ4n) is 2.66. The quantitative estimate of drug-likeness (QED) is 0.922. The molecule has 0 saturated carbocycles.